The van der Waals surface area contributed by atoms with Gasteiger partial charge in [0, 0.05) is 18.2 Å². The first-order valence-corrected chi connectivity index (χ1v) is 13.3. The van der Waals surface area contributed by atoms with Crippen LogP contribution in [0.1, 0.15) is 35.6 Å². The van der Waals surface area contributed by atoms with Crippen LogP contribution < -0.4 is 0 Å². The zero-order valence-corrected chi connectivity index (χ0v) is 20.7. The number of rotatable bonds is 4. The zero-order chi connectivity index (χ0) is 24.5. The lowest BCUT2D eigenvalue weighted by Gasteiger charge is -2.47. The molecular formula is C23H21Cl2FN2O5S. The van der Waals surface area contributed by atoms with Gasteiger partial charge in [-0.1, -0.05) is 40.5 Å². The summed E-state index contributed by atoms with van der Waals surface area (Å²) in [5.41, 5.74) is 2.73. The minimum Gasteiger partial charge on any atom is -0.384 e. The van der Waals surface area contributed by atoms with E-state index in [9.17, 15) is 17.6 Å². The molecule has 1 fully saturated rings. The molecule has 1 amide bonds. The average Bonchev–Trinajstić information content (AvgIpc) is 3.31. The summed E-state index contributed by atoms with van der Waals surface area (Å²) in [6, 6.07) is 8.86. The number of carbonyl (C=O) groups is 1. The summed E-state index contributed by atoms with van der Waals surface area (Å²) >= 11 is 11.9. The van der Waals surface area contributed by atoms with Gasteiger partial charge in [-0.25, -0.2) is 12.8 Å². The van der Waals surface area contributed by atoms with Crippen molar-refractivity contribution in [1.29, 1.82) is 0 Å². The van der Waals surface area contributed by atoms with Gasteiger partial charge in [0.2, 0.25) is 5.91 Å². The van der Waals surface area contributed by atoms with Gasteiger partial charge in [0.1, 0.15) is 11.4 Å². The molecule has 0 N–H and O–H groups in total. The molecule has 2 aromatic carbocycles. The topological polar surface area (TPSA) is 85.3 Å². The van der Waals surface area contributed by atoms with Crippen LogP contribution in [0.3, 0.4) is 0 Å². The van der Waals surface area contributed by atoms with Gasteiger partial charge < -0.3 is 14.5 Å². The summed E-state index contributed by atoms with van der Waals surface area (Å²) < 4.78 is 42.7. The van der Waals surface area contributed by atoms with Crippen LogP contribution in [-0.4, -0.2) is 50.0 Å². The van der Waals surface area contributed by atoms with Gasteiger partial charge in [-0.05, 0) is 41.8 Å². The Hall–Kier alpha value is -2.20. The number of benzene rings is 2. The molecule has 0 aliphatic carbocycles. The van der Waals surface area contributed by atoms with Gasteiger partial charge in [0.15, 0.2) is 21.3 Å². The SMILES string of the molecule is CC1(c2cc(Cl)c(F)c(Cl)c2)CC(c2ccc3c(c2)COC32CN(C(=O)CS(C)(=O)=O)C2)=NO1. The summed E-state index contributed by atoms with van der Waals surface area (Å²) in [5, 5.41) is 4.11. The first-order chi connectivity index (χ1) is 15.9. The Balaban J connectivity index is 1.32. The molecule has 180 valence electrons. The normalized spacial score (nSPS) is 22.9. The molecular weight excluding hydrogens is 506 g/mol. The van der Waals surface area contributed by atoms with Crippen molar-refractivity contribution < 1.29 is 27.2 Å². The predicted octanol–water partition coefficient (Wildman–Crippen LogP) is 3.78. The number of hydrogen-bond acceptors (Lipinski definition) is 6. The van der Waals surface area contributed by atoms with Crippen molar-refractivity contribution >= 4 is 44.7 Å². The Kier molecular flexibility index (Phi) is 5.48. The highest BCUT2D eigenvalue weighted by atomic mass is 35.5. The molecule has 0 radical (unpaired) electrons. The standard InChI is InChI=1S/C23H21Cl2FN2O5S/c1-22(15-6-17(24)21(26)18(25)7-15)8-19(27-33-22)13-3-4-16-14(5-13)9-32-23(16)11-28(12-23)20(29)10-34(2,30)31/h3-7H,8-12H2,1-2H3. The summed E-state index contributed by atoms with van der Waals surface area (Å²) in [6.07, 6.45) is 1.48. The number of hydrogen-bond donors (Lipinski definition) is 0. The number of amides is 1. The third-order valence-corrected chi connectivity index (χ3v) is 7.84. The van der Waals surface area contributed by atoms with Gasteiger partial charge in [0.05, 0.1) is 35.5 Å². The number of likely N-dealkylation sites (tertiary alicyclic amines) is 1. The Morgan fingerprint density at radius 3 is 2.53 bits per heavy atom. The van der Waals surface area contributed by atoms with Crippen LogP contribution in [0.5, 0.6) is 0 Å². The molecule has 2 aromatic rings. The van der Waals surface area contributed by atoms with Crippen LogP contribution in [0.2, 0.25) is 10.0 Å². The Morgan fingerprint density at radius 2 is 1.88 bits per heavy atom. The third-order valence-electron chi connectivity index (χ3n) is 6.52. The molecule has 11 heteroatoms. The van der Waals surface area contributed by atoms with Crippen molar-refractivity contribution in [1.82, 2.24) is 4.90 Å². The maximum Gasteiger partial charge on any atom is 0.237 e. The van der Waals surface area contributed by atoms with Crippen molar-refractivity contribution in [2.24, 2.45) is 5.16 Å². The maximum absolute atomic E-state index is 13.8. The van der Waals surface area contributed by atoms with Crippen molar-refractivity contribution in [3.8, 4) is 0 Å². The second-order valence-electron chi connectivity index (χ2n) is 9.27. The van der Waals surface area contributed by atoms with Gasteiger partial charge in [0.25, 0.3) is 0 Å². The molecule has 0 aromatic heterocycles. The summed E-state index contributed by atoms with van der Waals surface area (Å²) in [7, 11) is -3.38. The molecule has 7 nitrogen and oxygen atoms in total. The Labute approximate surface area is 206 Å². The summed E-state index contributed by atoms with van der Waals surface area (Å²) in [5.74, 6) is -1.59. The Bertz CT molecular complexity index is 1330. The summed E-state index contributed by atoms with van der Waals surface area (Å²) in [4.78, 5) is 19.4. The molecule has 3 aliphatic heterocycles. The van der Waals surface area contributed by atoms with E-state index < -0.39 is 38.5 Å². The van der Waals surface area contributed by atoms with Crippen molar-refractivity contribution in [2.45, 2.75) is 31.2 Å². The monoisotopic (exact) mass is 526 g/mol. The quantitative estimate of drug-likeness (QED) is 0.566. The molecule has 5 rings (SSSR count). The summed E-state index contributed by atoms with van der Waals surface area (Å²) in [6.45, 7) is 2.86. The predicted molar refractivity (Wildman–Crippen MR) is 125 cm³/mol. The van der Waals surface area contributed by atoms with Crippen molar-refractivity contribution in [3.05, 3.63) is 68.4 Å². The zero-order valence-electron chi connectivity index (χ0n) is 18.4. The van der Waals surface area contributed by atoms with Gasteiger partial charge >= 0.3 is 0 Å². The van der Waals surface area contributed by atoms with Crippen molar-refractivity contribution in [2.75, 3.05) is 25.1 Å². The minimum atomic E-state index is -3.38. The fraction of sp³-hybridized carbons (Fsp3) is 0.391. The van der Waals surface area contributed by atoms with E-state index in [2.05, 4.69) is 5.16 Å². The van der Waals surface area contributed by atoms with E-state index in [-0.39, 0.29) is 10.0 Å². The number of oxime groups is 1. The van der Waals surface area contributed by atoms with E-state index in [0.717, 1.165) is 28.7 Å². The second kappa shape index (κ2) is 7.91. The molecule has 3 aliphatic rings. The highest BCUT2D eigenvalue weighted by molar-refractivity contribution is 7.91. The lowest BCUT2D eigenvalue weighted by atomic mass is 9.83. The molecule has 1 saturated heterocycles. The molecule has 0 saturated carbocycles. The number of ether oxygens (including phenoxy) is 1. The van der Waals surface area contributed by atoms with Crippen LogP contribution in [0.4, 0.5) is 4.39 Å². The first kappa shape index (κ1) is 23.5. The van der Waals surface area contributed by atoms with E-state index in [1.165, 1.54) is 17.0 Å². The molecule has 1 spiro atoms. The fourth-order valence-corrected chi connectivity index (χ4v) is 5.78. The molecule has 0 bridgehead atoms. The van der Waals surface area contributed by atoms with Gasteiger partial charge in [-0.3, -0.25) is 4.79 Å². The lowest BCUT2D eigenvalue weighted by molar-refractivity contribution is -0.166. The first-order valence-electron chi connectivity index (χ1n) is 10.5. The highest BCUT2D eigenvalue weighted by Crippen LogP contribution is 2.45. The molecule has 3 heterocycles. The van der Waals surface area contributed by atoms with E-state index in [4.69, 9.17) is 32.8 Å². The average molecular weight is 527 g/mol. The van der Waals surface area contributed by atoms with E-state index in [0.29, 0.717) is 31.7 Å². The van der Waals surface area contributed by atoms with Crippen LogP contribution in [-0.2, 0) is 42.0 Å². The lowest BCUT2D eigenvalue weighted by Crippen LogP contribution is -2.62. The molecule has 34 heavy (non-hydrogen) atoms. The van der Waals surface area contributed by atoms with Gasteiger partial charge in [-0.15, -0.1) is 0 Å². The maximum atomic E-state index is 13.8. The third kappa shape index (κ3) is 3.98. The highest BCUT2D eigenvalue weighted by Gasteiger charge is 2.52. The van der Waals surface area contributed by atoms with E-state index in [1.807, 2.05) is 25.1 Å². The van der Waals surface area contributed by atoms with Crippen LogP contribution in [0, 0.1) is 5.82 Å². The molecule has 1 atom stereocenters. The fourth-order valence-electron chi connectivity index (χ4n) is 4.66. The number of fused-ring (bicyclic) bond motifs is 2. The largest absolute Gasteiger partial charge is 0.384 e. The minimum absolute atomic E-state index is 0.0784. The molecule has 1 unspecified atom stereocenters. The Morgan fingerprint density at radius 1 is 1.21 bits per heavy atom. The number of nitrogens with zero attached hydrogens (tertiary/aromatic N) is 2. The number of halogens is 3. The number of sulfone groups is 1. The smallest absolute Gasteiger partial charge is 0.237 e. The van der Waals surface area contributed by atoms with Crippen LogP contribution >= 0.6 is 23.2 Å². The van der Waals surface area contributed by atoms with Gasteiger partial charge in [-0.2, -0.15) is 0 Å². The van der Waals surface area contributed by atoms with Crippen molar-refractivity contribution in [3.63, 3.8) is 0 Å². The number of carbonyl (C=O) groups excluding carboxylic acids is 1. The van der Waals surface area contributed by atoms with E-state index in [1.54, 1.807) is 0 Å². The van der Waals surface area contributed by atoms with Crippen LogP contribution in [0.15, 0.2) is 35.5 Å². The second-order valence-corrected chi connectivity index (χ2v) is 12.2. The van der Waals surface area contributed by atoms with Crippen LogP contribution in [0.25, 0.3) is 0 Å². The van der Waals surface area contributed by atoms with E-state index >= 15 is 0 Å².